The largest absolute Gasteiger partial charge is 0.454 e. The van der Waals surface area contributed by atoms with Crippen molar-refractivity contribution in [2.24, 2.45) is 0 Å². The molecule has 1 N–H and O–H groups in total. The Hall–Kier alpha value is -1.58. The van der Waals surface area contributed by atoms with Crippen molar-refractivity contribution in [1.82, 2.24) is 5.32 Å². The topological polar surface area (TPSA) is 21.3 Å². The van der Waals surface area contributed by atoms with Crippen LogP contribution >= 0.6 is 11.6 Å². The van der Waals surface area contributed by atoms with Crippen molar-refractivity contribution in [2.75, 3.05) is 7.05 Å². The van der Waals surface area contributed by atoms with Gasteiger partial charge < -0.3 is 10.1 Å². The molecule has 0 spiro atoms. The van der Waals surface area contributed by atoms with Gasteiger partial charge in [-0.3, -0.25) is 0 Å². The van der Waals surface area contributed by atoms with E-state index in [2.05, 4.69) is 5.32 Å². The minimum atomic E-state index is -0.388. The van der Waals surface area contributed by atoms with E-state index in [9.17, 15) is 4.39 Å². The average Bonchev–Trinajstić information content (AvgIpc) is 2.38. The molecule has 0 unspecified atom stereocenters. The molecule has 2 nitrogen and oxygen atoms in total. The standard InChI is InChI=1S/C15H15ClFNO/c1-10-6-7-13(17)15(8-10)19-14-5-3-4-12(16)11(14)9-18-2/h3-8,18H,9H2,1-2H3. The lowest BCUT2D eigenvalue weighted by molar-refractivity contribution is 0.436. The fraction of sp³-hybridized carbons (Fsp3) is 0.200. The molecule has 0 aromatic heterocycles. The first-order chi connectivity index (χ1) is 9.11. The third-order valence-electron chi connectivity index (χ3n) is 2.74. The van der Waals surface area contributed by atoms with Gasteiger partial charge in [-0.25, -0.2) is 4.39 Å². The SMILES string of the molecule is CNCc1c(Cl)cccc1Oc1cc(C)ccc1F. The molecule has 0 saturated heterocycles. The summed E-state index contributed by atoms with van der Waals surface area (Å²) in [5.74, 6) is 0.381. The number of hydrogen-bond acceptors (Lipinski definition) is 2. The highest BCUT2D eigenvalue weighted by Gasteiger charge is 2.11. The Morgan fingerprint density at radius 1 is 1.21 bits per heavy atom. The molecule has 0 atom stereocenters. The van der Waals surface area contributed by atoms with E-state index in [0.29, 0.717) is 17.3 Å². The smallest absolute Gasteiger partial charge is 0.165 e. The molecule has 0 fully saturated rings. The van der Waals surface area contributed by atoms with Crippen molar-refractivity contribution in [2.45, 2.75) is 13.5 Å². The lowest BCUT2D eigenvalue weighted by Crippen LogP contribution is -2.07. The van der Waals surface area contributed by atoms with Gasteiger partial charge in [0.25, 0.3) is 0 Å². The zero-order valence-electron chi connectivity index (χ0n) is 10.8. The van der Waals surface area contributed by atoms with Crippen LogP contribution in [0.3, 0.4) is 0 Å². The van der Waals surface area contributed by atoms with E-state index in [1.807, 2.05) is 14.0 Å². The van der Waals surface area contributed by atoms with Crippen LogP contribution in [0.2, 0.25) is 5.02 Å². The Bertz CT molecular complexity index is 586. The molecular weight excluding hydrogens is 265 g/mol. The van der Waals surface area contributed by atoms with E-state index in [0.717, 1.165) is 11.1 Å². The molecule has 0 heterocycles. The van der Waals surface area contributed by atoms with Crippen molar-refractivity contribution in [3.8, 4) is 11.5 Å². The number of rotatable bonds is 4. The quantitative estimate of drug-likeness (QED) is 0.901. The molecule has 19 heavy (non-hydrogen) atoms. The van der Waals surface area contributed by atoms with Crippen LogP contribution in [0, 0.1) is 12.7 Å². The molecule has 4 heteroatoms. The van der Waals surface area contributed by atoms with E-state index in [1.54, 1.807) is 30.3 Å². The van der Waals surface area contributed by atoms with Crippen molar-refractivity contribution < 1.29 is 9.13 Å². The van der Waals surface area contributed by atoms with Gasteiger partial charge in [0, 0.05) is 17.1 Å². The van der Waals surface area contributed by atoms with Gasteiger partial charge in [0.05, 0.1) is 0 Å². The molecule has 2 aromatic carbocycles. The van der Waals surface area contributed by atoms with Gasteiger partial charge in [-0.05, 0) is 43.8 Å². The molecular formula is C15H15ClFNO. The highest BCUT2D eigenvalue weighted by molar-refractivity contribution is 6.31. The van der Waals surface area contributed by atoms with Crippen LogP contribution in [-0.2, 0) is 6.54 Å². The lowest BCUT2D eigenvalue weighted by Gasteiger charge is -2.13. The van der Waals surface area contributed by atoms with Gasteiger partial charge >= 0.3 is 0 Å². The fourth-order valence-corrected chi connectivity index (χ4v) is 2.02. The van der Waals surface area contributed by atoms with Crippen LogP contribution in [0.25, 0.3) is 0 Å². The summed E-state index contributed by atoms with van der Waals surface area (Å²) >= 11 is 6.13. The Kier molecular flexibility index (Phi) is 4.40. The summed E-state index contributed by atoms with van der Waals surface area (Å²) in [6, 6.07) is 10.1. The van der Waals surface area contributed by atoms with E-state index in [1.165, 1.54) is 6.07 Å². The predicted octanol–water partition coefficient (Wildman–Crippen LogP) is 4.30. The Morgan fingerprint density at radius 3 is 2.74 bits per heavy atom. The van der Waals surface area contributed by atoms with Crippen LogP contribution in [0.5, 0.6) is 11.5 Å². The Morgan fingerprint density at radius 2 is 2.00 bits per heavy atom. The van der Waals surface area contributed by atoms with Gasteiger partial charge in [-0.15, -0.1) is 0 Å². The normalized spacial score (nSPS) is 10.5. The van der Waals surface area contributed by atoms with Gasteiger partial charge in [0.2, 0.25) is 0 Å². The van der Waals surface area contributed by atoms with E-state index >= 15 is 0 Å². The average molecular weight is 280 g/mol. The third kappa shape index (κ3) is 3.25. The summed E-state index contributed by atoms with van der Waals surface area (Å²) in [5.41, 5.74) is 1.75. The van der Waals surface area contributed by atoms with Gasteiger partial charge in [-0.1, -0.05) is 23.7 Å². The molecule has 0 aliphatic heterocycles. The predicted molar refractivity (Wildman–Crippen MR) is 75.4 cm³/mol. The zero-order chi connectivity index (χ0) is 13.8. The van der Waals surface area contributed by atoms with Crippen molar-refractivity contribution in [3.63, 3.8) is 0 Å². The second kappa shape index (κ2) is 6.04. The maximum absolute atomic E-state index is 13.7. The van der Waals surface area contributed by atoms with Crippen LogP contribution in [-0.4, -0.2) is 7.05 Å². The number of aryl methyl sites for hydroxylation is 1. The first kappa shape index (κ1) is 13.8. The van der Waals surface area contributed by atoms with Crippen LogP contribution < -0.4 is 10.1 Å². The lowest BCUT2D eigenvalue weighted by atomic mass is 10.2. The summed E-state index contributed by atoms with van der Waals surface area (Å²) in [6.07, 6.45) is 0. The van der Waals surface area contributed by atoms with Crippen LogP contribution in [0.1, 0.15) is 11.1 Å². The number of ether oxygens (including phenoxy) is 1. The first-order valence-corrected chi connectivity index (χ1v) is 6.35. The molecule has 0 radical (unpaired) electrons. The van der Waals surface area contributed by atoms with Gasteiger partial charge in [-0.2, -0.15) is 0 Å². The Labute approximate surface area is 117 Å². The third-order valence-corrected chi connectivity index (χ3v) is 3.09. The van der Waals surface area contributed by atoms with Crippen LogP contribution in [0.15, 0.2) is 36.4 Å². The molecule has 0 amide bonds. The van der Waals surface area contributed by atoms with E-state index in [-0.39, 0.29) is 11.6 Å². The van der Waals surface area contributed by atoms with E-state index in [4.69, 9.17) is 16.3 Å². The summed E-state index contributed by atoms with van der Waals surface area (Å²) in [4.78, 5) is 0. The highest BCUT2D eigenvalue weighted by atomic mass is 35.5. The van der Waals surface area contributed by atoms with Crippen molar-refractivity contribution in [3.05, 3.63) is 58.4 Å². The first-order valence-electron chi connectivity index (χ1n) is 5.98. The summed E-state index contributed by atoms with van der Waals surface area (Å²) in [5, 5.41) is 3.62. The summed E-state index contributed by atoms with van der Waals surface area (Å²) in [7, 11) is 1.82. The maximum Gasteiger partial charge on any atom is 0.165 e. The number of nitrogens with one attached hydrogen (secondary N) is 1. The minimum absolute atomic E-state index is 0.208. The highest BCUT2D eigenvalue weighted by Crippen LogP contribution is 2.32. The molecule has 0 aliphatic rings. The second-order valence-corrected chi connectivity index (χ2v) is 4.69. The van der Waals surface area contributed by atoms with Gasteiger partial charge in [0.1, 0.15) is 5.75 Å². The molecule has 2 rings (SSSR count). The maximum atomic E-state index is 13.7. The van der Waals surface area contributed by atoms with Crippen molar-refractivity contribution >= 4 is 11.6 Å². The molecule has 2 aromatic rings. The van der Waals surface area contributed by atoms with Crippen LogP contribution in [0.4, 0.5) is 4.39 Å². The molecule has 0 aliphatic carbocycles. The van der Waals surface area contributed by atoms with E-state index < -0.39 is 0 Å². The second-order valence-electron chi connectivity index (χ2n) is 4.28. The number of hydrogen-bond donors (Lipinski definition) is 1. The molecule has 0 saturated carbocycles. The summed E-state index contributed by atoms with van der Waals surface area (Å²) < 4.78 is 19.4. The Balaban J connectivity index is 2.37. The summed E-state index contributed by atoms with van der Waals surface area (Å²) in [6.45, 7) is 2.45. The van der Waals surface area contributed by atoms with Gasteiger partial charge in [0.15, 0.2) is 11.6 Å². The number of halogens is 2. The van der Waals surface area contributed by atoms with Crippen molar-refractivity contribution in [1.29, 1.82) is 0 Å². The monoisotopic (exact) mass is 279 g/mol. The molecule has 100 valence electrons. The minimum Gasteiger partial charge on any atom is -0.454 e. The molecule has 0 bridgehead atoms. The number of benzene rings is 2. The fourth-order valence-electron chi connectivity index (χ4n) is 1.79. The zero-order valence-corrected chi connectivity index (χ0v) is 11.6.